The fourth-order valence-electron chi connectivity index (χ4n) is 5.72. The predicted octanol–water partition coefficient (Wildman–Crippen LogP) is 6.32. The van der Waals surface area contributed by atoms with E-state index in [4.69, 9.17) is 9.47 Å². The molecule has 10 nitrogen and oxygen atoms in total. The number of carbonyl (C=O) groups is 2. The van der Waals surface area contributed by atoms with Gasteiger partial charge in [0, 0.05) is 23.5 Å². The van der Waals surface area contributed by atoms with Crippen LogP contribution in [-0.2, 0) is 24.7 Å². The van der Waals surface area contributed by atoms with Crippen LogP contribution in [0.1, 0.15) is 67.5 Å². The molecule has 0 unspecified atom stereocenters. The summed E-state index contributed by atoms with van der Waals surface area (Å²) in [6.07, 6.45) is 0.930. The maximum atomic E-state index is 13.1. The first kappa shape index (κ1) is 33.6. The molecule has 1 aliphatic rings. The molecule has 246 valence electrons. The molecule has 5 rings (SSSR count). The van der Waals surface area contributed by atoms with Crippen molar-refractivity contribution in [3.63, 3.8) is 0 Å². The Balaban J connectivity index is 1.14. The summed E-state index contributed by atoms with van der Waals surface area (Å²) in [5.41, 5.74) is 1.65. The van der Waals surface area contributed by atoms with Crippen LogP contribution in [0.5, 0.6) is 0 Å². The van der Waals surface area contributed by atoms with E-state index in [0.717, 1.165) is 5.56 Å². The fraction of sp³-hybridized carbons (Fsp3) is 0.343. The van der Waals surface area contributed by atoms with Crippen molar-refractivity contribution in [1.29, 1.82) is 0 Å². The quantitative estimate of drug-likeness (QED) is 0.125. The van der Waals surface area contributed by atoms with Gasteiger partial charge in [-0.05, 0) is 93.0 Å². The van der Waals surface area contributed by atoms with Gasteiger partial charge in [-0.1, -0.05) is 30.3 Å². The Morgan fingerprint density at radius 2 is 1.70 bits per heavy atom. The summed E-state index contributed by atoms with van der Waals surface area (Å²) in [6, 6.07) is 18.1. The number of ether oxygens (including phenoxy) is 2. The van der Waals surface area contributed by atoms with Crippen LogP contribution in [0.3, 0.4) is 0 Å². The zero-order valence-corrected chi connectivity index (χ0v) is 26.0. The second kappa shape index (κ2) is 14.7. The van der Waals surface area contributed by atoms with Crippen LogP contribution in [0.2, 0.25) is 0 Å². The number of nitrogens with zero attached hydrogens (tertiary/aromatic N) is 3. The van der Waals surface area contributed by atoms with Crippen LogP contribution in [0, 0.1) is 18.8 Å². The summed E-state index contributed by atoms with van der Waals surface area (Å²) >= 11 is 0. The van der Waals surface area contributed by atoms with Crippen molar-refractivity contribution in [2.75, 3.05) is 12.1 Å². The van der Waals surface area contributed by atoms with Crippen LogP contribution < -0.4 is 5.32 Å². The highest BCUT2D eigenvalue weighted by Crippen LogP contribution is 2.41. The van der Waals surface area contributed by atoms with Crippen LogP contribution in [-0.4, -0.2) is 43.9 Å². The summed E-state index contributed by atoms with van der Waals surface area (Å²) in [7, 11) is 0. The molecule has 0 amide bonds. The number of pyridine rings is 3. The molecule has 47 heavy (non-hydrogen) atoms. The van der Waals surface area contributed by atoms with Gasteiger partial charge in [0.1, 0.15) is 17.2 Å². The number of aliphatic hydroxyl groups excluding tert-OH is 1. The lowest BCUT2D eigenvalue weighted by molar-refractivity contribution is -0.177. The number of aromatic nitrogens is 3. The van der Waals surface area contributed by atoms with Gasteiger partial charge < -0.3 is 25.0 Å². The summed E-state index contributed by atoms with van der Waals surface area (Å²) in [5.74, 6) is -1.28. The first-order chi connectivity index (χ1) is 22.5. The van der Waals surface area contributed by atoms with Crippen molar-refractivity contribution in [3.05, 3.63) is 102 Å². The second-order valence-electron chi connectivity index (χ2n) is 11.8. The van der Waals surface area contributed by atoms with Gasteiger partial charge in [0.2, 0.25) is 6.79 Å². The summed E-state index contributed by atoms with van der Waals surface area (Å²) in [4.78, 5) is 38.0. The summed E-state index contributed by atoms with van der Waals surface area (Å²) in [5, 5.41) is 24.6. The third kappa shape index (κ3) is 8.32. The fourth-order valence-corrected chi connectivity index (χ4v) is 5.72. The molecular formula is C35H36F2N4O6. The standard InChI is InChI=1S/C35H36F2N4O6/c1-21-16-27(40-30(17-21)41-29-18-24(32(36)37)14-15-38-29)25-10-13-28(39-19-25)35(2,45)26-11-8-23(9-12-26)33(43)46-20-47-34(44)31(42)22-6-4-3-5-7-22/h3-7,10,13-19,23,26,31-32,42,45H,8-9,11-12,20H2,1-2H3,(H,38,40,41)/t23?,26?,31-,35-/m1/s1. The molecule has 0 saturated heterocycles. The Labute approximate surface area is 270 Å². The Morgan fingerprint density at radius 3 is 2.38 bits per heavy atom. The lowest BCUT2D eigenvalue weighted by Crippen LogP contribution is -2.37. The van der Waals surface area contributed by atoms with Gasteiger partial charge in [-0.15, -0.1) is 0 Å². The largest absolute Gasteiger partial charge is 0.428 e. The highest BCUT2D eigenvalue weighted by atomic mass is 19.3. The molecule has 1 aromatic carbocycles. The predicted molar refractivity (Wildman–Crippen MR) is 168 cm³/mol. The monoisotopic (exact) mass is 646 g/mol. The molecule has 2 atom stereocenters. The lowest BCUT2D eigenvalue weighted by atomic mass is 9.73. The highest BCUT2D eigenvalue weighted by molar-refractivity contribution is 5.76. The third-order valence-electron chi connectivity index (χ3n) is 8.44. The lowest BCUT2D eigenvalue weighted by Gasteiger charge is -2.37. The van der Waals surface area contributed by atoms with E-state index in [2.05, 4.69) is 20.3 Å². The average Bonchev–Trinajstić information content (AvgIpc) is 3.08. The Hall–Kier alpha value is -4.81. The number of hydrogen-bond donors (Lipinski definition) is 3. The zero-order valence-electron chi connectivity index (χ0n) is 26.0. The second-order valence-corrected chi connectivity index (χ2v) is 11.8. The number of nitrogens with one attached hydrogen (secondary N) is 1. The number of carbonyl (C=O) groups excluding carboxylic acids is 2. The van der Waals surface area contributed by atoms with Crippen molar-refractivity contribution < 1.29 is 38.1 Å². The van der Waals surface area contributed by atoms with E-state index < -0.39 is 42.8 Å². The van der Waals surface area contributed by atoms with Crippen LogP contribution in [0.25, 0.3) is 11.3 Å². The minimum Gasteiger partial charge on any atom is -0.428 e. The van der Waals surface area contributed by atoms with E-state index >= 15 is 0 Å². The Kier molecular flexibility index (Phi) is 10.5. The Bertz CT molecular complexity index is 1680. The maximum Gasteiger partial charge on any atom is 0.342 e. The topological polar surface area (TPSA) is 144 Å². The van der Waals surface area contributed by atoms with Crippen LogP contribution >= 0.6 is 0 Å². The van der Waals surface area contributed by atoms with Gasteiger partial charge in [0.25, 0.3) is 6.43 Å². The van der Waals surface area contributed by atoms with Crippen LogP contribution in [0.15, 0.2) is 79.1 Å². The summed E-state index contributed by atoms with van der Waals surface area (Å²) in [6.45, 7) is 3.01. The number of benzene rings is 1. The minimum absolute atomic E-state index is 0.144. The molecule has 1 fully saturated rings. The molecule has 4 aromatic rings. The molecular weight excluding hydrogens is 610 g/mol. The van der Waals surface area contributed by atoms with E-state index in [0.29, 0.717) is 54.0 Å². The molecule has 3 N–H and O–H groups in total. The van der Waals surface area contributed by atoms with Crippen molar-refractivity contribution in [3.8, 4) is 11.3 Å². The van der Waals surface area contributed by atoms with Crippen LogP contribution in [0.4, 0.5) is 20.4 Å². The van der Waals surface area contributed by atoms with Gasteiger partial charge in [0.15, 0.2) is 6.10 Å². The first-order valence-corrected chi connectivity index (χ1v) is 15.3. The number of aryl methyl sites for hydroxylation is 1. The molecule has 0 bridgehead atoms. The molecule has 0 spiro atoms. The van der Waals surface area contributed by atoms with Crippen molar-refractivity contribution in [1.82, 2.24) is 15.0 Å². The van der Waals surface area contributed by atoms with Gasteiger partial charge in [0.05, 0.1) is 17.3 Å². The normalized spacial score (nSPS) is 18.2. The maximum absolute atomic E-state index is 13.1. The number of esters is 2. The smallest absolute Gasteiger partial charge is 0.342 e. The molecule has 3 heterocycles. The van der Waals surface area contributed by atoms with E-state index in [1.165, 1.54) is 18.3 Å². The zero-order chi connectivity index (χ0) is 33.6. The average molecular weight is 647 g/mol. The van der Waals surface area contributed by atoms with Gasteiger partial charge in [-0.3, -0.25) is 9.78 Å². The first-order valence-electron chi connectivity index (χ1n) is 15.3. The number of aliphatic hydroxyl groups is 2. The van der Waals surface area contributed by atoms with Crippen molar-refractivity contribution >= 4 is 23.6 Å². The molecule has 0 aliphatic heterocycles. The highest BCUT2D eigenvalue weighted by Gasteiger charge is 2.39. The SMILES string of the molecule is Cc1cc(Nc2cc(C(F)F)ccn2)nc(-c2ccc([C@](C)(O)C3CCC(C(=O)OCOC(=O)[C@H](O)c4ccccc4)CC3)nc2)c1. The molecule has 1 saturated carbocycles. The number of alkyl halides is 2. The van der Waals surface area contributed by atoms with Gasteiger partial charge in [-0.2, -0.15) is 0 Å². The van der Waals surface area contributed by atoms with E-state index in [1.54, 1.807) is 55.6 Å². The van der Waals surface area contributed by atoms with Crippen molar-refractivity contribution in [2.24, 2.45) is 11.8 Å². The number of hydrogen-bond acceptors (Lipinski definition) is 10. The molecule has 0 radical (unpaired) electrons. The van der Waals surface area contributed by atoms with Gasteiger partial charge >= 0.3 is 11.9 Å². The van der Waals surface area contributed by atoms with Gasteiger partial charge in [-0.25, -0.2) is 23.5 Å². The number of anilines is 2. The minimum atomic E-state index is -2.61. The summed E-state index contributed by atoms with van der Waals surface area (Å²) < 4.78 is 36.3. The third-order valence-corrected chi connectivity index (χ3v) is 8.44. The van der Waals surface area contributed by atoms with E-state index in [9.17, 15) is 28.6 Å². The number of rotatable bonds is 11. The molecule has 1 aliphatic carbocycles. The molecule has 3 aromatic heterocycles. The Morgan fingerprint density at radius 1 is 0.957 bits per heavy atom. The number of halogens is 2. The molecule has 12 heteroatoms. The van der Waals surface area contributed by atoms with Crippen molar-refractivity contribution in [2.45, 2.75) is 57.7 Å². The van der Waals surface area contributed by atoms with E-state index in [-0.39, 0.29) is 17.3 Å². The van der Waals surface area contributed by atoms with E-state index in [1.807, 2.05) is 19.1 Å².